The molecule has 4 nitrogen and oxygen atoms in total. The Morgan fingerprint density at radius 1 is 1.08 bits per heavy atom. The van der Waals surface area contributed by atoms with Crippen LogP contribution in [0.1, 0.15) is 30.5 Å². The average molecular weight is 318 g/mol. The molecule has 1 aliphatic rings. The van der Waals surface area contributed by atoms with E-state index in [2.05, 4.69) is 48.4 Å². The van der Waals surface area contributed by atoms with Gasteiger partial charge in [0, 0.05) is 17.3 Å². The SMILES string of the molecule is Cc1[nH]c2nc(-c3ccccc3)nc(N[C@H]3CC=CCC3)c2c1C. The summed E-state index contributed by atoms with van der Waals surface area (Å²) in [5.74, 6) is 1.71. The van der Waals surface area contributed by atoms with Crippen LogP contribution in [-0.2, 0) is 0 Å². The van der Waals surface area contributed by atoms with E-state index in [1.165, 1.54) is 5.56 Å². The standard InChI is InChI=1S/C20H22N4/c1-13-14(2)21-19-17(13)20(22-16-11-7-4-8-12-16)24-18(23-19)15-9-5-3-6-10-15/h3-7,9-10,16H,8,11-12H2,1-2H3,(H2,21,22,23,24)/t16-/m0/s1. The van der Waals surface area contributed by atoms with Crippen LogP contribution < -0.4 is 5.32 Å². The molecule has 0 bridgehead atoms. The van der Waals surface area contributed by atoms with Gasteiger partial charge in [0.2, 0.25) is 0 Å². The highest BCUT2D eigenvalue weighted by atomic mass is 15.1. The van der Waals surface area contributed by atoms with E-state index in [9.17, 15) is 0 Å². The van der Waals surface area contributed by atoms with E-state index < -0.39 is 0 Å². The van der Waals surface area contributed by atoms with Gasteiger partial charge in [-0.1, -0.05) is 42.5 Å². The number of nitrogens with zero attached hydrogens (tertiary/aromatic N) is 2. The van der Waals surface area contributed by atoms with Crippen molar-refractivity contribution in [3.05, 3.63) is 53.7 Å². The molecule has 2 N–H and O–H groups in total. The molecule has 4 rings (SSSR count). The minimum atomic E-state index is 0.436. The van der Waals surface area contributed by atoms with Gasteiger partial charge in [-0.15, -0.1) is 0 Å². The molecule has 0 radical (unpaired) electrons. The number of aromatic amines is 1. The van der Waals surface area contributed by atoms with E-state index in [-0.39, 0.29) is 0 Å². The van der Waals surface area contributed by atoms with E-state index >= 15 is 0 Å². The van der Waals surface area contributed by atoms with Crippen molar-refractivity contribution in [3.8, 4) is 11.4 Å². The summed E-state index contributed by atoms with van der Waals surface area (Å²) in [6, 6.07) is 10.6. The van der Waals surface area contributed by atoms with Crippen LogP contribution in [0.15, 0.2) is 42.5 Å². The van der Waals surface area contributed by atoms with Gasteiger partial charge in [-0.25, -0.2) is 9.97 Å². The van der Waals surface area contributed by atoms with Crippen molar-refractivity contribution in [2.45, 2.75) is 39.2 Å². The van der Waals surface area contributed by atoms with Crippen molar-refractivity contribution in [2.24, 2.45) is 0 Å². The van der Waals surface area contributed by atoms with Crippen LogP contribution in [0.2, 0.25) is 0 Å². The second-order valence-electron chi connectivity index (χ2n) is 6.49. The summed E-state index contributed by atoms with van der Waals surface area (Å²) < 4.78 is 0. The lowest BCUT2D eigenvalue weighted by molar-refractivity contribution is 0.643. The second kappa shape index (κ2) is 6.11. The Morgan fingerprint density at radius 3 is 2.67 bits per heavy atom. The highest BCUT2D eigenvalue weighted by molar-refractivity contribution is 5.92. The van der Waals surface area contributed by atoms with E-state index in [1.54, 1.807) is 0 Å². The van der Waals surface area contributed by atoms with Crippen LogP contribution in [0, 0.1) is 13.8 Å². The molecule has 122 valence electrons. The first-order chi connectivity index (χ1) is 11.7. The van der Waals surface area contributed by atoms with E-state index in [4.69, 9.17) is 9.97 Å². The maximum Gasteiger partial charge on any atom is 0.163 e. The number of hydrogen-bond donors (Lipinski definition) is 2. The quantitative estimate of drug-likeness (QED) is 0.684. The van der Waals surface area contributed by atoms with Crippen molar-refractivity contribution in [3.63, 3.8) is 0 Å². The molecule has 2 aromatic heterocycles. The number of nitrogens with one attached hydrogen (secondary N) is 2. The van der Waals surface area contributed by atoms with Gasteiger partial charge >= 0.3 is 0 Å². The average Bonchev–Trinajstić information content (AvgIpc) is 2.91. The van der Waals surface area contributed by atoms with Gasteiger partial charge in [0.1, 0.15) is 11.5 Å². The smallest absolute Gasteiger partial charge is 0.163 e. The van der Waals surface area contributed by atoms with Crippen molar-refractivity contribution in [2.75, 3.05) is 5.32 Å². The summed E-state index contributed by atoms with van der Waals surface area (Å²) >= 11 is 0. The molecule has 0 saturated carbocycles. The van der Waals surface area contributed by atoms with Gasteiger partial charge < -0.3 is 10.3 Å². The van der Waals surface area contributed by atoms with Gasteiger partial charge in [-0.3, -0.25) is 0 Å². The molecule has 0 aliphatic heterocycles. The third-order valence-electron chi connectivity index (χ3n) is 4.79. The first kappa shape index (κ1) is 14.9. The molecule has 2 heterocycles. The van der Waals surface area contributed by atoms with Crippen LogP contribution >= 0.6 is 0 Å². The van der Waals surface area contributed by atoms with E-state index in [1.807, 2.05) is 18.2 Å². The minimum Gasteiger partial charge on any atom is -0.366 e. The zero-order valence-electron chi connectivity index (χ0n) is 14.1. The molecule has 1 aromatic carbocycles. The monoisotopic (exact) mass is 318 g/mol. The predicted molar refractivity (Wildman–Crippen MR) is 99.2 cm³/mol. The number of hydrogen-bond acceptors (Lipinski definition) is 3. The Labute approximate surface area is 142 Å². The van der Waals surface area contributed by atoms with Gasteiger partial charge in [-0.05, 0) is 38.7 Å². The highest BCUT2D eigenvalue weighted by Crippen LogP contribution is 2.30. The molecule has 1 atom stereocenters. The molecule has 0 spiro atoms. The van der Waals surface area contributed by atoms with Crippen LogP contribution in [-0.4, -0.2) is 21.0 Å². The molecule has 3 aromatic rings. The van der Waals surface area contributed by atoms with E-state index in [0.29, 0.717) is 6.04 Å². The van der Waals surface area contributed by atoms with Crippen molar-refractivity contribution >= 4 is 16.9 Å². The Balaban J connectivity index is 1.83. The Bertz CT molecular complexity index is 893. The fraction of sp³-hybridized carbons (Fsp3) is 0.300. The van der Waals surface area contributed by atoms with Gasteiger partial charge in [0.25, 0.3) is 0 Å². The highest BCUT2D eigenvalue weighted by Gasteiger charge is 2.18. The van der Waals surface area contributed by atoms with E-state index in [0.717, 1.165) is 53.2 Å². The summed E-state index contributed by atoms with van der Waals surface area (Å²) in [5.41, 5.74) is 4.32. The molecule has 0 saturated heterocycles. The van der Waals surface area contributed by atoms with Gasteiger partial charge in [-0.2, -0.15) is 0 Å². The number of aromatic nitrogens is 3. The second-order valence-corrected chi connectivity index (χ2v) is 6.49. The Morgan fingerprint density at radius 2 is 1.92 bits per heavy atom. The number of benzene rings is 1. The van der Waals surface area contributed by atoms with Crippen molar-refractivity contribution < 1.29 is 0 Å². The lowest BCUT2D eigenvalue weighted by Crippen LogP contribution is -2.21. The summed E-state index contributed by atoms with van der Waals surface area (Å²) in [6.45, 7) is 4.22. The third kappa shape index (κ3) is 2.68. The van der Waals surface area contributed by atoms with Crippen molar-refractivity contribution in [1.82, 2.24) is 15.0 Å². The molecule has 4 heteroatoms. The number of fused-ring (bicyclic) bond motifs is 1. The lowest BCUT2D eigenvalue weighted by atomic mass is 10.0. The number of allylic oxidation sites excluding steroid dienone is 1. The van der Waals surface area contributed by atoms with Crippen molar-refractivity contribution in [1.29, 1.82) is 0 Å². The van der Waals surface area contributed by atoms with Crippen LogP contribution in [0.3, 0.4) is 0 Å². The molecule has 0 unspecified atom stereocenters. The van der Waals surface area contributed by atoms with Gasteiger partial charge in [0.05, 0.1) is 5.39 Å². The third-order valence-corrected chi connectivity index (χ3v) is 4.79. The maximum atomic E-state index is 4.87. The number of H-pyrrole nitrogens is 1. The maximum absolute atomic E-state index is 4.87. The zero-order valence-corrected chi connectivity index (χ0v) is 14.1. The summed E-state index contributed by atoms with van der Waals surface area (Å²) in [7, 11) is 0. The number of anilines is 1. The molecular formula is C20H22N4. The van der Waals surface area contributed by atoms with Crippen LogP contribution in [0.5, 0.6) is 0 Å². The predicted octanol–water partition coefficient (Wildman–Crippen LogP) is 4.76. The Hall–Kier alpha value is -2.62. The fourth-order valence-electron chi connectivity index (χ4n) is 3.30. The first-order valence-corrected chi connectivity index (χ1v) is 8.56. The first-order valence-electron chi connectivity index (χ1n) is 8.56. The van der Waals surface area contributed by atoms with Crippen LogP contribution in [0.4, 0.5) is 5.82 Å². The Kier molecular flexibility index (Phi) is 3.81. The lowest BCUT2D eigenvalue weighted by Gasteiger charge is -2.21. The summed E-state index contributed by atoms with van der Waals surface area (Å²) in [4.78, 5) is 13.0. The molecule has 0 fully saturated rings. The molecule has 0 amide bonds. The normalized spacial score (nSPS) is 17.3. The molecule has 24 heavy (non-hydrogen) atoms. The molecular weight excluding hydrogens is 296 g/mol. The fourth-order valence-corrected chi connectivity index (χ4v) is 3.30. The topological polar surface area (TPSA) is 53.6 Å². The number of rotatable bonds is 3. The zero-order chi connectivity index (χ0) is 16.5. The summed E-state index contributed by atoms with van der Waals surface area (Å²) in [5, 5.41) is 4.78. The summed E-state index contributed by atoms with van der Waals surface area (Å²) in [6.07, 6.45) is 7.84. The number of aryl methyl sites for hydroxylation is 2. The largest absolute Gasteiger partial charge is 0.366 e. The van der Waals surface area contributed by atoms with Gasteiger partial charge in [0.15, 0.2) is 5.82 Å². The van der Waals surface area contributed by atoms with Crippen LogP contribution in [0.25, 0.3) is 22.4 Å². The minimum absolute atomic E-state index is 0.436. The molecule has 1 aliphatic carbocycles.